The van der Waals surface area contributed by atoms with E-state index in [-0.39, 0.29) is 16.4 Å². The number of furan rings is 1. The highest BCUT2D eigenvalue weighted by Gasteiger charge is 2.34. The molecule has 0 bridgehead atoms. The van der Waals surface area contributed by atoms with Gasteiger partial charge in [0.15, 0.2) is 15.2 Å². The number of hydrogen-bond acceptors (Lipinski definition) is 7. The molecule has 1 aromatic heterocycles. The first kappa shape index (κ1) is 18.3. The van der Waals surface area contributed by atoms with Crippen LogP contribution >= 0.6 is 23.8 Å². The van der Waals surface area contributed by atoms with Gasteiger partial charge in [0.05, 0.1) is 5.69 Å². The standard InChI is InChI=1S/C15H9ClN2O6S2/c16-8-1-3-9(4-2-8)18-14(20)11(13(19)17-15(18)25)7-10-5-6-12(24-10)26(21,22)23/h1-7H,(H,17,19,25)(H,21,22,23)/p-1/b11-7+. The Bertz CT molecular complexity index is 1060. The van der Waals surface area contributed by atoms with Crippen LogP contribution in [0.25, 0.3) is 6.08 Å². The van der Waals surface area contributed by atoms with E-state index in [1.807, 2.05) is 0 Å². The molecular weight excluding hydrogens is 404 g/mol. The highest BCUT2D eigenvalue weighted by molar-refractivity contribution is 7.85. The minimum Gasteiger partial charge on any atom is -0.742 e. The number of halogens is 1. The van der Waals surface area contributed by atoms with Crippen molar-refractivity contribution in [1.82, 2.24) is 5.32 Å². The Balaban J connectivity index is 2.00. The van der Waals surface area contributed by atoms with Crippen molar-refractivity contribution in [2.45, 2.75) is 5.09 Å². The Morgan fingerprint density at radius 3 is 2.38 bits per heavy atom. The second-order valence-corrected chi connectivity index (χ2v) is 7.18. The lowest BCUT2D eigenvalue weighted by atomic mass is 10.1. The molecule has 2 aromatic rings. The van der Waals surface area contributed by atoms with Crippen molar-refractivity contribution in [2.24, 2.45) is 0 Å². The van der Waals surface area contributed by atoms with Crippen LogP contribution in [0.3, 0.4) is 0 Å². The predicted molar refractivity (Wildman–Crippen MR) is 94.3 cm³/mol. The average Bonchev–Trinajstić information content (AvgIpc) is 3.02. The Labute approximate surface area is 157 Å². The van der Waals surface area contributed by atoms with E-state index in [1.165, 1.54) is 12.1 Å². The summed E-state index contributed by atoms with van der Waals surface area (Å²) in [5.41, 5.74) is 0.0234. The molecule has 26 heavy (non-hydrogen) atoms. The molecule has 1 aromatic carbocycles. The third kappa shape index (κ3) is 3.53. The normalized spacial score (nSPS) is 16.9. The van der Waals surface area contributed by atoms with Crippen molar-refractivity contribution in [3.05, 3.63) is 52.8 Å². The van der Waals surface area contributed by atoms with Crippen LogP contribution in [-0.2, 0) is 19.7 Å². The number of amides is 2. The van der Waals surface area contributed by atoms with E-state index in [1.54, 1.807) is 12.1 Å². The zero-order valence-electron chi connectivity index (χ0n) is 12.6. The number of benzene rings is 1. The van der Waals surface area contributed by atoms with Gasteiger partial charge in [0, 0.05) is 5.02 Å². The van der Waals surface area contributed by atoms with Gasteiger partial charge in [0.1, 0.15) is 11.3 Å². The molecule has 134 valence electrons. The maximum atomic E-state index is 12.7. The first-order valence-electron chi connectivity index (χ1n) is 6.89. The molecule has 1 fully saturated rings. The topological polar surface area (TPSA) is 120 Å². The Morgan fingerprint density at radius 2 is 1.81 bits per heavy atom. The smallest absolute Gasteiger partial charge is 0.270 e. The van der Waals surface area contributed by atoms with E-state index >= 15 is 0 Å². The van der Waals surface area contributed by atoms with Crippen molar-refractivity contribution < 1.29 is 27.0 Å². The Kier molecular flexibility index (Phi) is 4.67. The lowest BCUT2D eigenvalue weighted by Crippen LogP contribution is -2.54. The largest absolute Gasteiger partial charge is 0.742 e. The fourth-order valence-electron chi connectivity index (χ4n) is 2.17. The average molecular weight is 412 g/mol. The minimum absolute atomic E-state index is 0.123. The minimum atomic E-state index is -4.79. The number of carbonyl (C=O) groups is 2. The van der Waals surface area contributed by atoms with Crippen LogP contribution in [0.1, 0.15) is 5.76 Å². The molecule has 0 spiro atoms. The zero-order chi connectivity index (χ0) is 19.1. The lowest BCUT2D eigenvalue weighted by molar-refractivity contribution is -0.122. The van der Waals surface area contributed by atoms with Gasteiger partial charge in [-0.15, -0.1) is 0 Å². The van der Waals surface area contributed by atoms with Gasteiger partial charge >= 0.3 is 0 Å². The van der Waals surface area contributed by atoms with E-state index in [0.717, 1.165) is 23.1 Å². The fourth-order valence-corrected chi connectivity index (χ4v) is 3.01. The van der Waals surface area contributed by atoms with E-state index in [9.17, 15) is 22.6 Å². The second kappa shape index (κ2) is 6.65. The van der Waals surface area contributed by atoms with Gasteiger partial charge in [0.2, 0.25) is 5.09 Å². The van der Waals surface area contributed by atoms with E-state index < -0.39 is 27.0 Å². The van der Waals surface area contributed by atoms with Gasteiger partial charge in [0.25, 0.3) is 11.8 Å². The summed E-state index contributed by atoms with van der Waals surface area (Å²) in [4.78, 5) is 25.9. The van der Waals surface area contributed by atoms with Crippen LogP contribution in [0.5, 0.6) is 0 Å². The zero-order valence-corrected chi connectivity index (χ0v) is 15.0. The SMILES string of the molecule is O=C1NC(=S)N(c2ccc(Cl)cc2)C(=O)/C1=C/c1ccc(S(=O)(=O)[O-])o1. The molecule has 1 aliphatic heterocycles. The quantitative estimate of drug-likeness (QED) is 0.353. The van der Waals surface area contributed by atoms with E-state index in [0.29, 0.717) is 10.7 Å². The van der Waals surface area contributed by atoms with Gasteiger partial charge in [-0.25, -0.2) is 8.42 Å². The number of nitrogens with one attached hydrogen (secondary N) is 1. The van der Waals surface area contributed by atoms with Crippen molar-refractivity contribution in [3.63, 3.8) is 0 Å². The van der Waals surface area contributed by atoms with Crippen molar-refractivity contribution in [3.8, 4) is 0 Å². The maximum Gasteiger partial charge on any atom is 0.270 e. The number of carbonyl (C=O) groups excluding carboxylic acids is 2. The number of nitrogens with zero attached hydrogens (tertiary/aromatic N) is 1. The molecule has 0 unspecified atom stereocenters. The monoisotopic (exact) mass is 411 g/mol. The van der Waals surface area contributed by atoms with Crippen molar-refractivity contribution >= 4 is 62.6 Å². The third-order valence-electron chi connectivity index (χ3n) is 3.32. The highest BCUT2D eigenvalue weighted by atomic mass is 35.5. The molecule has 0 aliphatic carbocycles. The molecule has 2 heterocycles. The van der Waals surface area contributed by atoms with Crippen LogP contribution < -0.4 is 10.2 Å². The molecule has 3 rings (SSSR count). The molecule has 0 radical (unpaired) electrons. The number of thiocarbonyl (C=S) groups is 1. The molecule has 1 N–H and O–H groups in total. The van der Waals surface area contributed by atoms with Gasteiger partial charge in [-0.2, -0.15) is 0 Å². The van der Waals surface area contributed by atoms with E-state index in [2.05, 4.69) is 5.32 Å². The fraction of sp³-hybridized carbons (Fsp3) is 0. The molecule has 1 saturated heterocycles. The van der Waals surface area contributed by atoms with Crippen LogP contribution in [0.4, 0.5) is 5.69 Å². The Hall–Kier alpha value is -2.53. The second-order valence-electron chi connectivity index (χ2n) is 5.05. The maximum absolute atomic E-state index is 12.7. The summed E-state index contributed by atoms with van der Waals surface area (Å²) in [5, 5.41) is 1.86. The summed E-state index contributed by atoms with van der Waals surface area (Å²) in [6, 6.07) is 8.25. The van der Waals surface area contributed by atoms with Crippen molar-refractivity contribution in [2.75, 3.05) is 4.90 Å². The molecule has 1 aliphatic rings. The summed E-state index contributed by atoms with van der Waals surface area (Å²) in [6.07, 6.45) is 1.02. The summed E-state index contributed by atoms with van der Waals surface area (Å²) in [7, 11) is -4.79. The Morgan fingerprint density at radius 1 is 1.15 bits per heavy atom. The van der Waals surface area contributed by atoms with Crippen molar-refractivity contribution in [1.29, 1.82) is 0 Å². The molecule has 2 amide bonds. The molecule has 8 nitrogen and oxygen atoms in total. The molecule has 0 atom stereocenters. The highest BCUT2D eigenvalue weighted by Crippen LogP contribution is 2.24. The summed E-state index contributed by atoms with van der Waals surface area (Å²) < 4.78 is 37.6. The first-order chi connectivity index (χ1) is 12.2. The van der Waals surface area contributed by atoms with Gasteiger partial charge in [-0.05, 0) is 54.7 Å². The molecular formula is C15H8ClN2O6S2-. The first-order valence-corrected chi connectivity index (χ1v) is 9.09. The van der Waals surface area contributed by atoms with Crippen LogP contribution in [-0.4, -0.2) is 29.9 Å². The predicted octanol–water partition coefficient (Wildman–Crippen LogP) is 1.67. The van der Waals surface area contributed by atoms with Crippen LogP contribution in [0, 0.1) is 0 Å². The number of hydrogen-bond donors (Lipinski definition) is 1. The lowest BCUT2D eigenvalue weighted by Gasteiger charge is -2.28. The van der Waals surface area contributed by atoms with Gasteiger partial charge < -0.3 is 8.97 Å². The summed E-state index contributed by atoms with van der Waals surface area (Å²) >= 11 is 10.9. The van der Waals surface area contributed by atoms with Crippen LogP contribution in [0.15, 0.2) is 51.5 Å². The summed E-state index contributed by atoms with van der Waals surface area (Å²) in [5.74, 6) is -1.68. The molecule has 11 heteroatoms. The van der Waals surface area contributed by atoms with E-state index in [4.69, 9.17) is 28.2 Å². The van der Waals surface area contributed by atoms with Gasteiger partial charge in [-0.3, -0.25) is 19.8 Å². The van der Waals surface area contributed by atoms with Gasteiger partial charge in [-0.1, -0.05) is 11.6 Å². The molecule has 0 saturated carbocycles. The third-order valence-corrected chi connectivity index (χ3v) is 4.57. The summed E-state index contributed by atoms with van der Waals surface area (Å²) in [6.45, 7) is 0. The number of anilines is 1. The van der Waals surface area contributed by atoms with Crippen LogP contribution in [0.2, 0.25) is 5.02 Å². The number of rotatable bonds is 3.